The van der Waals surface area contributed by atoms with Crippen LogP contribution in [-0.2, 0) is 4.79 Å². The SMILES string of the molecule is Cc1cc(C)n(-c2nc(NC3CCC(F)(F)CC3)cc(NC3CCCCC3=O)n2)n1. The maximum Gasteiger partial charge on any atom is 0.254 e. The number of carbonyl (C=O) groups excluding carboxylic acids is 1. The molecule has 2 saturated carbocycles. The van der Waals surface area contributed by atoms with E-state index in [1.807, 2.05) is 19.9 Å². The van der Waals surface area contributed by atoms with Crippen LogP contribution in [0.15, 0.2) is 12.1 Å². The zero-order chi connectivity index (χ0) is 21.3. The van der Waals surface area contributed by atoms with Crippen molar-refractivity contribution in [3.05, 3.63) is 23.5 Å². The van der Waals surface area contributed by atoms with Crippen LogP contribution >= 0.6 is 0 Å². The lowest BCUT2D eigenvalue weighted by Gasteiger charge is -2.29. The number of rotatable bonds is 5. The van der Waals surface area contributed by atoms with E-state index in [1.165, 1.54) is 0 Å². The first-order valence-corrected chi connectivity index (χ1v) is 10.7. The number of hydrogen-bond acceptors (Lipinski definition) is 6. The largest absolute Gasteiger partial charge is 0.367 e. The zero-order valence-corrected chi connectivity index (χ0v) is 17.4. The lowest BCUT2D eigenvalue weighted by Crippen LogP contribution is -2.33. The molecule has 2 aliphatic carbocycles. The van der Waals surface area contributed by atoms with Crippen LogP contribution in [0, 0.1) is 13.8 Å². The van der Waals surface area contributed by atoms with Crippen LogP contribution in [0.25, 0.3) is 5.95 Å². The molecule has 0 aromatic carbocycles. The summed E-state index contributed by atoms with van der Waals surface area (Å²) in [7, 11) is 0. The van der Waals surface area contributed by atoms with Gasteiger partial charge in [-0.2, -0.15) is 15.1 Å². The zero-order valence-electron chi connectivity index (χ0n) is 17.4. The van der Waals surface area contributed by atoms with Crippen LogP contribution in [0.1, 0.15) is 62.8 Å². The highest BCUT2D eigenvalue weighted by Crippen LogP contribution is 2.34. The molecular weight excluding hydrogens is 390 g/mol. The molecule has 0 amide bonds. The molecule has 2 aromatic rings. The average molecular weight is 418 g/mol. The fraction of sp³-hybridized carbons (Fsp3) is 0.619. The number of carbonyl (C=O) groups is 1. The topological polar surface area (TPSA) is 84.7 Å². The van der Waals surface area contributed by atoms with E-state index in [4.69, 9.17) is 0 Å². The molecule has 1 unspecified atom stereocenters. The number of halogens is 2. The third-order valence-electron chi connectivity index (χ3n) is 5.86. The molecule has 0 radical (unpaired) electrons. The minimum atomic E-state index is -2.58. The molecule has 1 atom stereocenters. The minimum absolute atomic E-state index is 0.0722. The van der Waals surface area contributed by atoms with E-state index in [2.05, 4.69) is 25.7 Å². The van der Waals surface area contributed by atoms with Gasteiger partial charge in [0.2, 0.25) is 5.92 Å². The van der Waals surface area contributed by atoms with Gasteiger partial charge in [0.05, 0.1) is 11.7 Å². The Bertz CT molecular complexity index is 918. The number of nitrogens with one attached hydrogen (secondary N) is 2. The predicted octanol–water partition coefficient (Wildman–Crippen LogP) is 4.19. The molecule has 9 heteroatoms. The van der Waals surface area contributed by atoms with E-state index < -0.39 is 5.92 Å². The van der Waals surface area contributed by atoms with Gasteiger partial charge in [0.15, 0.2) is 5.78 Å². The third kappa shape index (κ3) is 4.76. The second-order valence-electron chi connectivity index (χ2n) is 8.46. The third-order valence-corrected chi connectivity index (χ3v) is 5.86. The molecule has 162 valence electrons. The normalized spacial score (nSPS) is 22.1. The molecule has 0 saturated heterocycles. The number of aromatic nitrogens is 4. The number of ketones is 1. The van der Waals surface area contributed by atoms with Gasteiger partial charge in [-0.05, 0) is 45.6 Å². The summed E-state index contributed by atoms with van der Waals surface area (Å²) in [5, 5.41) is 11.0. The van der Waals surface area contributed by atoms with Crippen molar-refractivity contribution in [2.24, 2.45) is 0 Å². The highest BCUT2D eigenvalue weighted by atomic mass is 19.3. The maximum absolute atomic E-state index is 13.5. The Morgan fingerprint density at radius 3 is 2.37 bits per heavy atom. The summed E-state index contributed by atoms with van der Waals surface area (Å²) in [5.41, 5.74) is 1.74. The van der Waals surface area contributed by atoms with Crippen LogP contribution in [0.4, 0.5) is 20.4 Å². The molecule has 2 fully saturated rings. The van der Waals surface area contributed by atoms with Crippen LogP contribution < -0.4 is 10.6 Å². The molecule has 0 spiro atoms. The number of nitrogens with zero attached hydrogens (tertiary/aromatic N) is 4. The summed E-state index contributed by atoms with van der Waals surface area (Å²) in [6, 6.07) is 3.36. The van der Waals surface area contributed by atoms with Crippen molar-refractivity contribution < 1.29 is 13.6 Å². The van der Waals surface area contributed by atoms with Gasteiger partial charge in [0.25, 0.3) is 5.95 Å². The fourth-order valence-corrected chi connectivity index (χ4v) is 4.22. The van der Waals surface area contributed by atoms with Gasteiger partial charge < -0.3 is 10.6 Å². The Balaban J connectivity index is 1.60. The molecule has 2 aromatic heterocycles. The predicted molar refractivity (Wildman–Crippen MR) is 110 cm³/mol. The standard InChI is InChI=1S/C21H28F2N6O/c1-13-11-14(2)29(28-13)20-26-18(24-15-7-9-21(22,23)10-8-15)12-19(27-20)25-16-5-3-4-6-17(16)30/h11-12,15-16H,3-10H2,1-2H3,(H2,24,25,26,27). The molecule has 4 rings (SSSR count). The van der Waals surface area contributed by atoms with Gasteiger partial charge in [-0.25, -0.2) is 13.5 Å². The summed E-state index contributed by atoms with van der Waals surface area (Å²) in [5.74, 6) is -0.911. The van der Waals surface area contributed by atoms with E-state index in [0.29, 0.717) is 36.8 Å². The molecule has 2 N–H and O–H groups in total. The van der Waals surface area contributed by atoms with E-state index >= 15 is 0 Å². The Labute approximate surface area is 174 Å². The van der Waals surface area contributed by atoms with E-state index in [9.17, 15) is 13.6 Å². The van der Waals surface area contributed by atoms with Crippen molar-refractivity contribution in [3.8, 4) is 5.95 Å². The van der Waals surface area contributed by atoms with Gasteiger partial charge in [0, 0.05) is 37.1 Å². The quantitative estimate of drug-likeness (QED) is 0.757. The van der Waals surface area contributed by atoms with Crippen molar-refractivity contribution >= 4 is 17.4 Å². The molecule has 2 aliphatic rings. The van der Waals surface area contributed by atoms with Crippen LogP contribution in [0.2, 0.25) is 0 Å². The number of aryl methyl sites for hydroxylation is 2. The van der Waals surface area contributed by atoms with Crippen molar-refractivity contribution in [1.82, 2.24) is 19.7 Å². The lowest BCUT2D eigenvalue weighted by atomic mass is 9.92. The van der Waals surface area contributed by atoms with E-state index in [1.54, 1.807) is 10.7 Å². The molecule has 0 bridgehead atoms. The Morgan fingerprint density at radius 2 is 1.73 bits per heavy atom. The highest BCUT2D eigenvalue weighted by Gasteiger charge is 2.35. The highest BCUT2D eigenvalue weighted by molar-refractivity contribution is 5.87. The monoisotopic (exact) mass is 418 g/mol. The summed E-state index contributed by atoms with van der Waals surface area (Å²) in [4.78, 5) is 21.4. The second-order valence-corrected chi connectivity index (χ2v) is 8.46. The number of alkyl halides is 2. The van der Waals surface area contributed by atoms with Crippen LogP contribution in [-0.4, -0.2) is 43.5 Å². The number of hydrogen-bond donors (Lipinski definition) is 2. The fourth-order valence-electron chi connectivity index (χ4n) is 4.22. The van der Waals surface area contributed by atoms with Gasteiger partial charge in [0.1, 0.15) is 11.6 Å². The smallest absolute Gasteiger partial charge is 0.254 e. The van der Waals surface area contributed by atoms with Gasteiger partial charge in [-0.1, -0.05) is 6.42 Å². The van der Waals surface area contributed by atoms with Gasteiger partial charge in [-0.15, -0.1) is 0 Å². The average Bonchev–Trinajstić information content (AvgIpc) is 3.03. The summed E-state index contributed by atoms with van der Waals surface area (Å²) >= 11 is 0. The van der Waals surface area contributed by atoms with E-state index in [0.717, 1.165) is 30.7 Å². The first-order valence-electron chi connectivity index (χ1n) is 10.7. The van der Waals surface area contributed by atoms with Gasteiger partial charge in [-0.3, -0.25) is 4.79 Å². The first-order chi connectivity index (χ1) is 14.3. The van der Waals surface area contributed by atoms with Crippen molar-refractivity contribution in [2.75, 3.05) is 10.6 Å². The first kappa shape index (κ1) is 20.7. The summed E-state index contributed by atoms with van der Waals surface area (Å²) < 4.78 is 28.7. The maximum atomic E-state index is 13.5. The molecule has 2 heterocycles. The second kappa shape index (κ2) is 8.28. The summed E-state index contributed by atoms with van der Waals surface area (Å²) in [6.45, 7) is 3.82. The van der Waals surface area contributed by atoms with Gasteiger partial charge >= 0.3 is 0 Å². The lowest BCUT2D eigenvalue weighted by molar-refractivity contribution is -0.121. The van der Waals surface area contributed by atoms with Crippen molar-refractivity contribution in [2.45, 2.75) is 83.2 Å². The van der Waals surface area contributed by atoms with Crippen molar-refractivity contribution in [1.29, 1.82) is 0 Å². The Kier molecular flexibility index (Phi) is 5.71. The molecular formula is C21H28F2N6O. The number of anilines is 2. The minimum Gasteiger partial charge on any atom is -0.367 e. The van der Waals surface area contributed by atoms with Crippen LogP contribution in [0.5, 0.6) is 0 Å². The van der Waals surface area contributed by atoms with Crippen molar-refractivity contribution in [3.63, 3.8) is 0 Å². The Hall–Kier alpha value is -2.58. The molecule has 7 nitrogen and oxygen atoms in total. The van der Waals surface area contributed by atoms with E-state index in [-0.39, 0.29) is 30.7 Å². The Morgan fingerprint density at radius 1 is 1.03 bits per heavy atom. The number of Topliss-reactive ketones (excluding diaryl/α,β-unsaturated/α-hetero) is 1. The molecule has 0 aliphatic heterocycles. The molecule has 30 heavy (non-hydrogen) atoms. The van der Waals surface area contributed by atoms with Crippen LogP contribution in [0.3, 0.4) is 0 Å². The summed E-state index contributed by atoms with van der Waals surface area (Å²) in [6.07, 6.45) is 3.81.